The molecule has 0 saturated heterocycles. The highest BCUT2D eigenvalue weighted by atomic mass is 35.5. The zero-order valence-electron chi connectivity index (χ0n) is 12.2. The third kappa shape index (κ3) is 3.62. The minimum absolute atomic E-state index is 0.180. The third-order valence-corrected chi connectivity index (χ3v) is 3.85. The fraction of sp³-hybridized carbons (Fsp3) is 0.222. The standard InChI is InChI=1S/C18H18ClNO2/c19-16-3-6-18-15(10-16)9-14(12-22-18)11-20-17-4-1-13(2-5-17)7-8-21/h1-6,9-10,20-21H,7-8,11-12H2. The summed E-state index contributed by atoms with van der Waals surface area (Å²) in [6, 6.07) is 13.8. The van der Waals surface area contributed by atoms with Gasteiger partial charge in [-0.05, 0) is 54.0 Å². The van der Waals surface area contributed by atoms with Crippen LogP contribution in [0.3, 0.4) is 0 Å². The summed E-state index contributed by atoms with van der Waals surface area (Å²) in [5, 5.41) is 13.0. The molecule has 4 heteroatoms. The summed E-state index contributed by atoms with van der Waals surface area (Å²) in [5.41, 5.74) is 4.39. The Morgan fingerprint density at radius 2 is 1.95 bits per heavy atom. The molecule has 0 aromatic heterocycles. The molecule has 0 fully saturated rings. The van der Waals surface area contributed by atoms with Gasteiger partial charge in [-0.1, -0.05) is 23.7 Å². The number of anilines is 1. The maximum atomic E-state index is 8.92. The lowest BCUT2D eigenvalue weighted by Crippen LogP contribution is -2.14. The Balaban J connectivity index is 1.64. The molecule has 2 aromatic rings. The summed E-state index contributed by atoms with van der Waals surface area (Å²) in [7, 11) is 0. The summed E-state index contributed by atoms with van der Waals surface area (Å²) >= 11 is 6.02. The maximum absolute atomic E-state index is 8.92. The molecule has 0 unspecified atom stereocenters. The Kier molecular flexibility index (Phi) is 4.66. The van der Waals surface area contributed by atoms with E-state index in [1.54, 1.807) is 0 Å². The molecule has 1 aliphatic rings. The van der Waals surface area contributed by atoms with Crippen LogP contribution in [0.2, 0.25) is 5.02 Å². The van der Waals surface area contributed by atoms with E-state index in [0.29, 0.717) is 18.1 Å². The molecule has 0 bridgehead atoms. The lowest BCUT2D eigenvalue weighted by Gasteiger charge is -2.19. The van der Waals surface area contributed by atoms with Gasteiger partial charge in [-0.3, -0.25) is 0 Å². The number of aliphatic hydroxyl groups excluding tert-OH is 1. The van der Waals surface area contributed by atoms with Gasteiger partial charge in [-0.2, -0.15) is 0 Å². The van der Waals surface area contributed by atoms with Crippen LogP contribution in [0.15, 0.2) is 48.0 Å². The van der Waals surface area contributed by atoms with Crippen LogP contribution in [-0.4, -0.2) is 24.9 Å². The Bertz CT molecular complexity index is 680. The van der Waals surface area contributed by atoms with Crippen LogP contribution in [0.5, 0.6) is 5.75 Å². The fourth-order valence-corrected chi connectivity index (χ4v) is 2.61. The molecular formula is C18H18ClNO2. The van der Waals surface area contributed by atoms with Crippen molar-refractivity contribution in [3.63, 3.8) is 0 Å². The molecule has 2 aromatic carbocycles. The van der Waals surface area contributed by atoms with Crippen LogP contribution in [0, 0.1) is 0 Å². The highest BCUT2D eigenvalue weighted by Gasteiger charge is 2.11. The average molecular weight is 316 g/mol. The highest BCUT2D eigenvalue weighted by molar-refractivity contribution is 6.30. The van der Waals surface area contributed by atoms with Gasteiger partial charge >= 0.3 is 0 Å². The van der Waals surface area contributed by atoms with Crippen molar-refractivity contribution >= 4 is 23.4 Å². The molecule has 3 nitrogen and oxygen atoms in total. The largest absolute Gasteiger partial charge is 0.489 e. The van der Waals surface area contributed by atoms with Crippen LogP contribution in [-0.2, 0) is 6.42 Å². The quantitative estimate of drug-likeness (QED) is 0.882. The number of aliphatic hydroxyl groups is 1. The zero-order chi connectivity index (χ0) is 15.4. The molecule has 0 atom stereocenters. The van der Waals surface area contributed by atoms with Crippen molar-refractivity contribution in [3.05, 3.63) is 64.2 Å². The van der Waals surface area contributed by atoms with Gasteiger partial charge in [0.2, 0.25) is 0 Å². The van der Waals surface area contributed by atoms with E-state index in [1.807, 2.05) is 42.5 Å². The highest BCUT2D eigenvalue weighted by Crippen LogP contribution is 2.29. The molecule has 0 spiro atoms. The van der Waals surface area contributed by atoms with Crippen LogP contribution >= 0.6 is 11.6 Å². The molecule has 3 rings (SSSR count). The average Bonchev–Trinajstić information content (AvgIpc) is 2.54. The minimum Gasteiger partial charge on any atom is -0.489 e. The molecule has 0 saturated carbocycles. The van der Waals surface area contributed by atoms with Gasteiger partial charge in [0.25, 0.3) is 0 Å². The number of halogens is 1. The van der Waals surface area contributed by atoms with Crippen molar-refractivity contribution in [1.29, 1.82) is 0 Å². The SMILES string of the molecule is OCCc1ccc(NCC2=Cc3cc(Cl)ccc3OC2)cc1. The molecule has 0 radical (unpaired) electrons. The third-order valence-electron chi connectivity index (χ3n) is 3.62. The first-order valence-electron chi connectivity index (χ1n) is 7.30. The van der Waals surface area contributed by atoms with Gasteiger partial charge in [0.15, 0.2) is 0 Å². The number of ether oxygens (including phenoxy) is 1. The van der Waals surface area contributed by atoms with Crippen LogP contribution in [0.4, 0.5) is 5.69 Å². The van der Waals surface area contributed by atoms with Crippen molar-refractivity contribution in [3.8, 4) is 5.75 Å². The Morgan fingerprint density at radius 3 is 2.73 bits per heavy atom. The molecule has 2 N–H and O–H groups in total. The molecule has 0 aliphatic carbocycles. The first-order valence-corrected chi connectivity index (χ1v) is 7.68. The second-order valence-corrected chi connectivity index (χ2v) is 5.73. The van der Waals surface area contributed by atoms with Crippen LogP contribution < -0.4 is 10.1 Å². The van der Waals surface area contributed by atoms with E-state index < -0.39 is 0 Å². The number of nitrogens with one attached hydrogen (secondary N) is 1. The Labute approximate surface area is 135 Å². The Hall–Kier alpha value is -1.97. The number of fused-ring (bicyclic) bond motifs is 1. The minimum atomic E-state index is 0.180. The van der Waals surface area contributed by atoms with Crippen molar-refractivity contribution in [2.45, 2.75) is 6.42 Å². The predicted octanol–water partition coefficient (Wildman–Crippen LogP) is 3.76. The lowest BCUT2D eigenvalue weighted by atomic mass is 10.1. The summed E-state index contributed by atoms with van der Waals surface area (Å²) in [4.78, 5) is 0. The molecule has 0 amide bonds. The van der Waals surface area contributed by atoms with Crippen molar-refractivity contribution < 1.29 is 9.84 Å². The zero-order valence-corrected chi connectivity index (χ0v) is 12.9. The summed E-state index contributed by atoms with van der Waals surface area (Å²) in [5.74, 6) is 0.876. The molecule has 114 valence electrons. The van der Waals surface area contributed by atoms with Gasteiger partial charge in [0.05, 0.1) is 0 Å². The Morgan fingerprint density at radius 1 is 1.14 bits per heavy atom. The maximum Gasteiger partial charge on any atom is 0.127 e. The van der Waals surface area contributed by atoms with Crippen molar-refractivity contribution in [2.24, 2.45) is 0 Å². The summed E-state index contributed by atoms with van der Waals surface area (Å²) in [6.45, 7) is 1.49. The van der Waals surface area contributed by atoms with E-state index in [1.165, 1.54) is 5.57 Å². The monoisotopic (exact) mass is 315 g/mol. The van der Waals surface area contributed by atoms with Crippen molar-refractivity contribution in [1.82, 2.24) is 0 Å². The topological polar surface area (TPSA) is 41.5 Å². The van der Waals surface area contributed by atoms with Gasteiger partial charge in [-0.25, -0.2) is 0 Å². The van der Waals surface area contributed by atoms with Crippen LogP contribution in [0.1, 0.15) is 11.1 Å². The van der Waals surface area contributed by atoms with E-state index in [4.69, 9.17) is 21.4 Å². The number of hydrogen-bond acceptors (Lipinski definition) is 3. The molecule has 1 aliphatic heterocycles. The second kappa shape index (κ2) is 6.86. The smallest absolute Gasteiger partial charge is 0.127 e. The summed E-state index contributed by atoms with van der Waals surface area (Å²) < 4.78 is 5.74. The predicted molar refractivity (Wildman–Crippen MR) is 90.6 cm³/mol. The second-order valence-electron chi connectivity index (χ2n) is 5.30. The first kappa shape index (κ1) is 14.9. The van der Waals surface area contributed by atoms with Gasteiger partial charge < -0.3 is 15.2 Å². The number of rotatable bonds is 5. The van der Waals surface area contributed by atoms with Gasteiger partial charge in [0.1, 0.15) is 12.4 Å². The number of hydrogen-bond donors (Lipinski definition) is 2. The van der Waals surface area contributed by atoms with Gasteiger partial charge in [0, 0.05) is 29.4 Å². The van der Waals surface area contributed by atoms with Crippen molar-refractivity contribution in [2.75, 3.05) is 25.1 Å². The van der Waals surface area contributed by atoms with E-state index in [9.17, 15) is 0 Å². The van der Waals surface area contributed by atoms with E-state index in [0.717, 1.165) is 29.1 Å². The van der Waals surface area contributed by atoms with Gasteiger partial charge in [-0.15, -0.1) is 0 Å². The first-order chi connectivity index (χ1) is 10.7. The normalized spacial score (nSPS) is 13.1. The van der Waals surface area contributed by atoms with Crippen LogP contribution in [0.25, 0.3) is 6.08 Å². The fourth-order valence-electron chi connectivity index (χ4n) is 2.43. The number of benzene rings is 2. The molecule has 1 heterocycles. The molecule has 22 heavy (non-hydrogen) atoms. The van der Waals surface area contributed by atoms with E-state index in [-0.39, 0.29) is 6.61 Å². The summed E-state index contributed by atoms with van der Waals surface area (Å²) in [6.07, 6.45) is 2.81. The van der Waals surface area contributed by atoms with E-state index >= 15 is 0 Å². The van der Waals surface area contributed by atoms with E-state index in [2.05, 4.69) is 11.4 Å². The molecular weight excluding hydrogens is 298 g/mol. The lowest BCUT2D eigenvalue weighted by molar-refractivity contribution is 0.299.